The molecule has 1 fully saturated rings. The number of rotatable bonds is 39. The molecule has 13 atom stereocenters. The third kappa shape index (κ3) is 36.1. The van der Waals surface area contributed by atoms with Gasteiger partial charge in [-0.15, -0.1) is 0 Å². The summed E-state index contributed by atoms with van der Waals surface area (Å²) in [4.78, 5) is 237. The van der Waals surface area contributed by atoms with Crippen molar-refractivity contribution in [3.05, 3.63) is 90.3 Å². The fraction of sp³-hybridized carbons (Fsp3) is 0.573. The van der Waals surface area contributed by atoms with Gasteiger partial charge in [0.15, 0.2) is 0 Å². The van der Waals surface area contributed by atoms with Crippen molar-refractivity contribution in [2.75, 3.05) is 91.0 Å². The van der Waals surface area contributed by atoms with Crippen molar-refractivity contribution < 1.29 is 111 Å². The Morgan fingerprint density at radius 1 is 0.591 bits per heavy atom. The number of primary amides is 1. The Kier molecular flexibility index (Phi) is 44.4. The number of carboxylic acid groups (broad SMARTS) is 2. The van der Waals surface area contributed by atoms with Crippen LogP contribution in [0.4, 0.5) is 0 Å². The van der Waals surface area contributed by atoms with Gasteiger partial charge in [0.1, 0.15) is 73.0 Å². The number of fused-ring (bicyclic) bond motifs is 2. The molecular formula is C82H122N20O23S2. The molecule has 0 bridgehead atoms. The first-order valence-corrected chi connectivity index (χ1v) is 44.2. The number of aromatic nitrogens is 4. The average Bonchev–Trinajstić information content (AvgIpc) is 1.65. The van der Waals surface area contributed by atoms with Gasteiger partial charge in [-0.1, -0.05) is 99.5 Å². The van der Waals surface area contributed by atoms with Crippen LogP contribution in [0.2, 0.25) is 0 Å². The molecule has 0 radical (unpaired) electrons. The summed E-state index contributed by atoms with van der Waals surface area (Å²) in [6.45, 7) is 14.8. The maximum Gasteiger partial charge on any atom is 0.305 e. The molecule has 6 rings (SSSR count). The van der Waals surface area contributed by atoms with Gasteiger partial charge in [0, 0.05) is 96.4 Å². The molecule has 1 aliphatic rings. The standard InChI is InChI=1S/C82H122N20O23S2/c1-44(2)30-57-74(113)89-38-65(104)92-56(18-19-67(106)107)75(114)95-58(31-45(3)4)79(118)100-69(46(5)6)82(121)97-59(32-49-36-88-55-16-12-10-14-52(49)55)77(116)99-63(81(120)101-70(48(8)103)71(84)110)42-127-126-41-62(98-73(112)54(83)35-68(108)109)80(119)91-47(7)72(111)93-60(76(115)96-61(78(117)94-57)34-51-37-86-43-90-51)33-50-39-102(64-17-13-11-15-53(50)64)40-66(105)87-21-23-123-25-27-125-29-28-124-26-24-122-22-20-85-9/h10-17,36-37,39,43-48,54,56-63,69-70,85,88,103H,18-35,38,40-42,83H2,1-9H3,(H2,84,110)(H,86,90)(H,87,105)(H,89,113)(H,91,119)(H,92,104)(H,93,111)(H,94,117)(H,95,114)(H,96,115)(H,97,121)(H,98,112)(H,99,116)(H,100,118)(H,101,120)(H,106,107)(H,108,109)/t47-,48+,54-,56-,57-,58-,59-,60-,61-,62-,63-,69-,70-/m0/s1. The summed E-state index contributed by atoms with van der Waals surface area (Å²) in [7, 11) is 3.38. The zero-order chi connectivity index (χ0) is 93.4. The second-order valence-corrected chi connectivity index (χ2v) is 34.1. The van der Waals surface area contributed by atoms with Gasteiger partial charge in [-0.25, -0.2) is 4.98 Å². The minimum absolute atomic E-state index is 0.0885. The van der Waals surface area contributed by atoms with Gasteiger partial charge in [-0.05, 0) is 81.2 Å². The third-order valence-electron chi connectivity index (χ3n) is 19.8. The Balaban J connectivity index is 1.41. The van der Waals surface area contributed by atoms with Crippen LogP contribution >= 0.6 is 21.6 Å². The van der Waals surface area contributed by atoms with E-state index < -0.39 is 223 Å². The summed E-state index contributed by atoms with van der Waals surface area (Å²) in [6, 6.07) is -6.06. The van der Waals surface area contributed by atoms with Crippen LogP contribution in [-0.2, 0) is 121 Å². The lowest BCUT2D eigenvalue weighted by Crippen LogP contribution is -2.61. The largest absolute Gasteiger partial charge is 0.481 e. The molecule has 0 unspecified atom stereocenters. The summed E-state index contributed by atoms with van der Waals surface area (Å²) in [6.07, 6.45) is 0.774. The second kappa shape index (κ2) is 54.0. The zero-order valence-corrected chi connectivity index (χ0v) is 74.2. The molecule has 14 amide bonds. The number of carbonyl (C=O) groups excluding carboxylic acids is 14. The Morgan fingerprint density at radius 3 is 1.72 bits per heavy atom. The number of hydrogen-bond donors (Lipinski definition) is 21. The van der Waals surface area contributed by atoms with Crippen LogP contribution in [0.3, 0.4) is 0 Å². The number of aliphatic carboxylic acids is 2. The number of carboxylic acids is 2. The van der Waals surface area contributed by atoms with Crippen molar-refractivity contribution in [2.45, 2.75) is 192 Å². The highest BCUT2D eigenvalue weighted by Crippen LogP contribution is 2.27. The smallest absolute Gasteiger partial charge is 0.305 e. The number of carbonyl (C=O) groups is 16. The number of aromatic amines is 2. The van der Waals surface area contributed by atoms with E-state index in [1.54, 1.807) is 107 Å². The number of aliphatic hydroxyl groups excluding tert-OH is 1. The van der Waals surface area contributed by atoms with Crippen LogP contribution in [-0.4, -0.2) is 299 Å². The monoisotopic (exact) mass is 1820 g/mol. The fourth-order valence-corrected chi connectivity index (χ4v) is 15.5. The van der Waals surface area contributed by atoms with Gasteiger partial charge >= 0.3 is 11.9 Å². The molecule has 1 saturated heterocycles. The minimum atomic E-state index is -1.76. The molecule has 5 aromatic rings. The van der Waals surface area contributed by atoms with E-state index in [0.717, 1.165) is 35.1 Å². The molecule has 0 spiro atoms. The molecule has 1 aliphatic heterocycles. The number of imidazole rings is 1. The predicted molar refractivity (Wildman–Crippen MR) is 467 cm³/mol. The molecule has 45 heteroatoms. The van der Waals surface area contributed by atoms with Crippen LogP contribution in [0.1, 0.15) is 104 Å². The second-order valence-electron chi connectivity index (χ2n) is 31.6. The SMILES string of the molecule is CNCCOCCOCCOCCOCCNC(=O)Cn1cc(C[C@@H]2NC(=O)[C@H](C)NC(=O)[C@@H](NC(=O)[C@@H](N)CC(=O)O)CSSC[C@@H](C(=O)N[C@H](C(N)=O)[C@@H](C)O)NC(=O)[C@H](Cc3c[nH]c4ccccc34)NC(=O)[C@H](C(C)C)NC(=O)[C@H](CC(C)C)NC(=O)[C@H](CCC(=O)O)NC(=O)CNC(=O)[C@H](CC(C)C)NC(=O)[C@H](Cc3cnc[nH]3)NC2=O)c2ccccc21. The number of likely N-dealkylation sites (N-methyl/N-ethyl adjacent to an activating group) is 1. The first-order chi connectivity index (χ1) is 60.4. The zero-order valence-electron chi connectivity index (χ0n) is 72.6. The van der Waals surface area contributed by atoms with Gasteiger partial charge in [-0.2, -0.15) is 0 Å². The van der Waals surface area contributed by atoms with Gasteiger partial charge in [0.05, 0.1) is 84.3 Å². The van der Waals surface area contributed by atoms with Crippen LogP contribution in [0.5, 0.6) is 0 Å². The van der Waals surface area contributed by atoms with E-state index in [4.69, 9.17) is 30.4 Å². The van der Waals surface area contributed by atoms with Crippen molar-refractivity contribution in [1.82, 2.24) is 94.0 Å². The molecule has 2 aromatic carbocycles. The number of H-pyrrole nitrogens is 2. The number of para-hydroxylation sites is 2. The topological polar surface area (TPSA) is 641 Å². The van der Waals surface area contributed by atoms with Crippen LogP contribution < -0.4 is 85.9 Å². The lowest BCUT2D eigenvalue weighted by molar-refractivity contribution is -0.140. The highest BCUT2D eigenvalue weighted by atomic mass is 33.1. The van der Waals surface area contributed by atoms with E-state index in [1.807, 2.05) is 7.05 Å². The van der Waals surface area contributed by atoms with E-state index in [9.17, 15) is 82.4 Å². The first-order valence-electron chi connectivity index (χ1n) is 41.8. The number of nitrogens with two attached hydrogens (primary N) is 2. The number of hydrogen-bond acceptors (Lipinski definition) is 26. The number of ether oxygens (including phenoxy) is 4. The molecule has 700 valence electrons. The third-order valence-corrected chi connectivity index (χ3v) is 22.2. The lowest BCUT2D eigenvalue weighted by atomic mass is 9.98. The Bertz CT molecular complexity index is 4510. The number of benzene rings is 2. The first kappa shape index (κ1) is 104. The van der Waals surface area contributed by atoms with Crippen molar-refractivity contribution in [3.8, 4) is 0 Å². The normalized spacial score (nSPS) is 21.4. The molecule has 3 aromatic heterocycles. The van der Waals surface area contributed by atoms with E-state index >= 15 is 9.59 Å². The van der Waals surface area contributed by atoms with Gasteiger partial charge in [0.2, 0.25) is 82.7 Å². The Labute approximate surface area is 741 Å². The summed E-state index contributed by atoms with van der Waals surface area (Å²) >= 11 is 0. The maximum absolute atomic E-state index is 15.4. The number of nitrogens with zero attached hydrogens (tertiary/aromatic N) is 2. The molecular weight excluding hydrogens is 1700 g/mol. The predicted octanol–water partition coefficient (Wildman–Crippen LogP) is -3.58. The maximum atomic E-state index is 15.4. The number of amides is 14. The number of aliphatic hydroxyl groups is 1. The van der Waals surface area contributed by atoms with E-state index in [-0.39, 0.29) is 76.1 Å². The highest BCUT2D eigenvalue weighted by molar-refractivity contribution is 8.76. The van der Waals surface area contributed by atoms with Gasteiger partial charge < -0.3 is 135 Å². The molecule has 0 saturated carbocycles. The van der Waals surface area contributed by atoms with E-state index in [0.29, 0.717) is 66.0 Å². The van der Waals surface area contributed by atoms with Gasteiger partial charge in [-0.3, -0.25) is 76.7 Å². The van der Waals surface area contributed by atoms with Crippen molar-refractivity contribution in [3.63, 3.8) is 0 Å². The average molecular weight is 1820 g/mol. The van der Waals surface area contributed by atoms with Crippen molar-refractivity contribution in [1.29, 1.82) is 0 Å². The molecule has 23 N–H and O–H groups in total. The van der Waals surface area contributed by atoms with Crippen LogP contribution in [0.15, 0.2) is 73.4 Å². The summed E-state index contributed by atoms with van der Waals surface area (Å²) < 4.78 is 23.8. The molecule has 43 nitrogen and oxygen atoms in total. The summed E-state index contributed by atoms with van der Waals surface area (Å²) in [5.41, 5.74) is 13.8. The fourth-order valence-electron chi connectivity index (χ4n) is 13.1. The quantitative estimate of drug-likeness (QED) is 0.0134. The van der Waals surface area contributed by atoms with E-state index in [2.05, 4.69) is 89.4 Å². The molecule has 4 heterocycles. The summed E-state index contributed by atoms with van der Waals surface area (Å²) in [5.74, 6) is -19.4. The van der Waals surface area contributed by atoms with Crippen molar-refractivity contribution in [2.24, 2.45) is 29.2 Å². The number of nitrogens with one attached hydrogen (secondary N) is 16. The lowest BCUT2D eigenvalue weighted by Gasteiger charge is -2.29. The molecule has 127 heavy (non-hydrogen) atoms. The van der Waals surface area contributed by atoms with Crippen molar-refractivity contribution >= 4 is 138 Å². The van der Waals surface area contributed by atoms with Gasteiger partial charge in [0.25, 0.3) is 0 Å². The molecule has 0 aliphatic carbocycles. The summed E-state index contributed by atoms with van der Waals surface area (Å²) in [5, 5.41) is 67.8. The van der Waals surface area contributed by atoms with Crippen LogP contribution in [0.25, 0.3) is 21.8 Å². The Hall–Kier alpha value is -11.3. The Morgan fingerprint density at radius 2 is 1.13 bits per heavy atom. The van der Waals surface area contributed by atoms with E-state index in [1.165, 1.54) is 19.4 Å². The minimum Gasteiger partial charge on any atom is -0.481 e. The van der Waals surface area contributed by atoms with Crippen LogP contribution in [0, 0.1) is 17.8 Å². The highest BCUT2D eigenvalue weighted by Gasteiger charge is 2.39.